The molecule has 4 nitrogen and oxygen atoms in total. The zero-order valence-electron chi connectivity index (χ0n) is 12.0. The standard InChI is InChI=1S/C16H16ClN3O/c1-11-6-7-12(9-18-11)10-20-13-4-3-5-14(21-2)16(13)19-15(20)8-17/h3-7,9H,8,10H2,1-2H3. The summed E-state index contributed by atoms with van der Waals surface area (Å²) in [6.45, 7) is 2.67. The van der Waals surface area contributed by atoms with E-state index >= 15 is 0 Å². The van der Waals surface area contributed by atoms with Crippen molar-refractivity contribution in [1.29, 1.82) is 0 Å². The van der Waals surface area contributed by atoms with E-state index in [0.717, 1.165) is 33.9 Å². The number of methoxy groups -OCH3 is 1. The number of aromatic nitrogens is 3. The third kappa shape index (κ3) is 2.59. The SMILES string of the molecule is COc1cccc2c1nc(CCl)n2Cc1ccc(C)nc1. The van der Waals surface area contributed by atoms with Gasteiger partial charge in [0, 0.05) is 11.9 Å². The molecule has 3 rings (SSSR count). The molecule has 0 bridgehead atoms. The summed E-state index contributed by atoms with van der Waals surface area (Å²) in [6.07, 6.45) is 1.89. The summed E-state index contributed by atoms with van der Waals surface area (Å²) in [5, 5.41) is 0. The number of benzene rings is 1. The smallest absolute Gasteiger partial charge is 0.146 e. The predicted octanol–water partition coefficient (Wildman–Crippen LogP) is 3.54. The van der Waals surface area contributed by atoms with Crippen LogP contribution in [0, 0.1) is 6.92 Å². The number of alkyl halides is 1. The van der Waals surface area contributed by atoms with Crippen LogP contribution in [0.15, 0.2) is 36.5 Å². The Kier molecular flexibility index (Phi) is 3.80. The summed E-state index contributed by atoms with van der Waals surface area (Å²) < 4.78 is 7.48. The molecule has 0 aliphatic heterocycles. The van der Waals surface area contributed by atoms with Crippen molar-refractivity contribution in [3.63, 3.8) is 0 Å². The Morgan fingerprint density at radius 3 is 2.76 bits per heavy atom. The van der Waals surface area contributed by atoms with Crippen molar-refractivity contribution in [3.8, 4) is 5.75 Å². The average molecular weight is 302 g/mol. The zero-order chi connectivity index (χ0) is 14.8. The van der Waals surface area contributed by atoms with Gasteiger partial charge in [0.1, 0.15) is 17.1 Å². The number of para-hydroxylation sites is 1. The van der Waals surface area contributed by atoms with Crippen molar-refractivity contribution in [3.05, 3.63) is 53.6 Å². The molecule has 0 aliphatic carbocycles. The fourth-order valence-corrected chi connectivity index (χ4v) is 2.59. The van der Waals surface area contributed by atoms with E-state index in [1.807, 2.05) is 37.4 Å². The topological polar surface area (TPSA) is 39.9 Å². The van der Waals surface area contributed by atoms with Gasteiger partial charge in [-0.05, 0) is 30.7 Å². The van der Waals surface area contributed by atoms with Crippen LogP contribution in [0.3, 0.4) is 0 Å². The van der Waals surface area contributed by atoms with Crippen LogP contribution >= 0.6 is 11.6 Å². The van der Waals surface area contributed by atoms with Crippen molar-refractivity contribution >= 4 is 22.6 Å². The monoisotopic (exact) mass is 301 g/mol. The van der Waals surface area contributed by atoms with Crippen LogP contribution in [0.1, 0.15) is 17.1 Å². The molecular formula is C16H16ClN3O. The van der Waals surface area contributed by atoms with Gasteiger partial charge in [0.2, 0.25) is 0 Å². The Labute approximate surface area is 128 Å². The van der Waals surface area contributed by atoms with E-state index in [-0.39, 0.29) is 0 Å². The first-order valence-electron chi connectivity index (χ1n) is 6.72. The lowest BCUT2D eigenvalue weighted by Crippen LogP contribution is -2.04. The van der Waals surface area contributed by atoms with Crippen LogP contribution in [0.2, 0.25) is 0 Å². The van der Waals surface area contributed by atoms with Gasteiger partial charge >= 0.3 is 0 Å². The van der Waals surface area contributed by atoms with Crippen molar-refractivity contribution < 1.29 is 4.74 Å². The molecular weight excluding hydrogens is 286 g/mol. The lowest BCUT2D eigenvalue weighted by atomic mass is 10.2. The number of imidazole rings is 1. The van der Waals surface area contributed by atoms with Gasteiger partial charge in [0.25, 0.3) is 0 Å². The van der Waals surface area contributed by atoms with Crippen LogP contribution in [-0.4, -0.2) is 21.6 Å². The number of aryl methyl sites for hydroxylation is 1. The first-order chi connectivity index (χ1) is 10.2. The maximum atomic E-state index is 6.05. The molecule has 0 saturated heterocycles. The molecule has 0 saturated carbocycles. The molecule has 0 fully saturated rings. The number of pyridine rings is 1. The first kappa shape index (κ1) is 13.9. The molecule has 5 heteroatoms. The van der Waals surface area contributed by atoms with E-state index in [0.29, 0.717) is 12.4 Å². The summed E-state index contributed by atoms with van der Waals surface area (Å²) >= 11 is 6.05. The third-order valence-electron chi connectivity index (χ3n) is 3.47. The number of nitrogens with zero attached hydrogens (tertiary/aromatic N) is 3. The minimum atomic E-state index is 0.358. The average Bonchev–Trinajstić information content (AvgIpc) is 2.87. The van der Waals surface area contributed by atoms with E-state index in [2.05, 4.69) is 20.6 Å². The van der Waals surface area contributed by atoms with E-state index in [4.69, 9.17) is 16.3 Å². The Bertz CT molecular complexity index is 765. The molecule has 21 heavy (non-hydrogen) atoms. The van der Waals surface area contributed by atoms with Gasteiger partial charge in [-0.25, -0.2) is 4.98 Å². The fourth-order valence-electron chi connectivity index (χ4n) is 2.39. The van der Waals surface area contributed by atoms with E-state index in [1.54, 1.807) is 7.11 Å². The molecule has 0 N–H and O–H groups in total. The third-order valence-corrected chi connectivity index (χ3v) is 3.71. The van der Waals surface area contributed by atoms with Gasteiger partial charge in [-0.2, -0.15) is 0 Å². The lowest BCUT2D eigenvalue weighted by Gasteiger charge is -2.08. The maximum Gasteiger partial charge on any atom is 0.146 e. The quantitative estimate of drug-likeness (QED) is 0.692. The number of fused-ring (bicyclic) bond motifs is 1. The highest BCUT2D eigenvalue weighted by Crippen LogP contribution is 2.27. The Hall–Kier alpha value is -2.07. The molecule has 0 radical (unpaired) electrons. The predicted molar refractivity (Wildman–Crippen MR) is 83.9 cm³/mol. The molecule has 3 aromatic rings. The highest BCUT2D eigenvalue weighted by Gasteiger charge is 2.13. The van der Waals surface area contributed by atoms with Crippen LogP contribution in [0.5, 0.6) is 5.75 Å². The summed E-state index contributed by atoms with van der Waals surface area (Å²) in [4.78, 5) is 8.94. The van der Waals surface area contributed by atoms with Crippen LogP contribution in [0.25, 0.3) is 11.0 Å². The van der Waals surface area contributed by atoms with E-state index < -0.39 is 0 Å². The molecule has 0 amide bonds. The van der Waals surface area contributed by atoms with Gasteiger partial charge in [-0.3, -0.25) is 4.98 Å². The number of hydrogen-bond donors (Lipinski definition) is 0. The van der Waals surface area contributed by atoms with Crippen molar-refractivity contribution in [2.45, 2.75) is 19.3 Å². The summed E-state index contributed by atoms with van der Waals surface area (Å²) in [5.74, 6) is 1.95. The maximum absolute atomic E-state index is 6.05. The first-order valence-corrected chi connectivity index (χ1v) is 7.26. The van der Waals surface area contributed by atoms with Crippen molar-refractivity contribution in [1.82, 2.24) is 14.5 Å². The number of halogens is 1. The minimum Gasteiger partial charge on any atom is -0.494 e. The second kappa shape index (κ2) is 5.74. The van der Waals surface area contributed by atoms with Crippen LogP contribution in [-0.2, 0) is 12.4 Å². The number of ether oxygens (including phenoxy) is 1. The highest BCUT2D eigenvalue weighted by atomic mass is 35.5. The number of hydrogen-bond acceptors (Lipinski definition) is 3. The van der Waals surface area contributed by atoms with E-state index in [9.17, 15) is 0 Å². The largest absolute Gasteiger partial charge is 0.494 e. The molecule has 0 unspecified atom stereocenters. The Balaban J connectivity index is 2.10. The van der Waals surface area contributed by atoms with Crippen molar-refractivity contribution in [2.75, 3.05) is 7.11 Å². The van der Waals surface area contributed by atoms with Gasteiger partial charge in [-0.1, -0.05) is 12.1 Å². The molecule has 2 aromatic heterocycles. The van der Waals surface area contributed by atoms with Gasteiger partial charge < -0.3 is 9.30 Å². The molecule has 0 atom stereocenters. The highest BCUT2D eigenvalue weighted by molar-refractivity contribution is 6.16. The van der Waals surface area contributed by atoms with Gasteiger partial charge in [0.15, 0.2) is 0 Å². The molecule has 2 heterocycles. The van der Waals surface area contributed by atoms with Crippen LogP contribution < -0.4 is 4.74 Å². The van der Waals surface area contributed by atoms with Crippen LogP contribution in [0.4, 0.5) is 0 Å². The minimum absolute atomic E-state index is 0.358. The number of rotatable bonds is 4. The lowest BCUT2D eigenvalue weighted by molar-refractivity contribution is 0.419. The molecule has 0 spiro atoms. The fraction of sp³-hybridized carbons (Fsp3) is 0.250. The van der Waals surface area contributed by atoms with Gasteiger partial charge in [0.05, 0.1) is 25.1 Å². The van der Waals surface area contributed by atoms with Crippen molar-refractivity contribution in [2.24, 2.45) is 0 Å². The second-order valence-corrected chi connectivity index (χ2v) is 5.15. The summed E-state index contributed by atoms with van der Waals surface area (Å²) in [7, 11) is 1.65. The van der Waals surface area contributed by atoms with Gasteiger partial charge in [-0.15, -0.1) is 11.6 Å². The normalized spacial score (nSPS) is 11.0. The Morgan fingerprint density at radius 1 is 1.24 bits per heavy atom. The zero-order valence-corrected chi connectivity index (χ0v) is 12.8. The second-order valence-electron chi connectivity index (χ2n) is 4.88. The van der Waals surface area contributed by atoms with E-state index in [1.165, 1.54) is 0 Å². The molecule has 1 aromatic carbocycles. The Morgan fingerprint density at radius 2 is 2.10 bits per heavy atom. The summed E-state index contributed by atoms with van der Waals surface area (Å²) in [6, 6.07) is 9.99. The summed E-state index contributed by atoms with van der Waals surface area (Å²) in [5.41, 5.74) is 3.99. The molecule has 0 aliphatic rings. The molecule has 108 valence electrons.